The van der Waals surface area contributed by atoms with E-state index >= 15 is 0 Å². The molecule has 0 bridgehead atoms. The fourth-order valence-corrected chi connectivity index (χ4v) is 4.03. The third-order valence-electron chi connectivity index (χ3n) is 6.07. The number of benzene rings is 1. The number of aromatic nitrogens is 5. The van der Waals surface area contributed by atoms with Gasteiger partial charge in [-0.15, -0.1) is 0 Å². The smallest absolute Gasteiger partial charge is 0.282 e. The quantitative estimate of drug-likeness (QED) is 0.535. The van der Waals surface area contributed by atoms with Crippen LogP contribution < -0.4 is 11.2 Å². The number of rotatable bonds is 4. The number of unbranched alkanes of at least 4 members (excludes halogenated alkanes) is 1. The van der Waals surface area contributed by atoms with Crippen molar-refractivity contribution in [1.82, 2.24) is 23.1 Å². The molecule has 0 spiro atoms. The average Bonchev–Trinajstić information content (AvgIpc) is 3.19. The second kappa shape index (κ2) is 6.76. The van der Waals surface area contributed by atoms with Crippen molar-refractivity contribution in [2.24, 2.45) is 7.05 Å². The summed E-state index contributed by atoms with van der Waals surface area (Å²) in [5.41, 5.74) is 5.65. The van der Waals surface area contributed by atoms with Gasteiger partial charge in [0.05, 0.1) is 5.69 Å². The Labute approximate surface area is 168 Å². The van der Waals surface area contributed by atoms with Crippen LogP contribution in [0.1, 0.15) is 42.3 Å². The lowest BCUT2D eigenvalue weighted by molar-refractivity contribution is 0.566. The standard InChI is InChI=1S/C22H27N5O2/c1-7-8-12-25-20(28)18-19(24(6)22(25)29)23-21-26(15(4)16(5)27(18)21)17-11-9-10-13(2)14(17)3/h9-11H,7-8,12H2,1-6H3. The van der Waals surface area contributed by atoms with Crippen LogP contribution in [0.5, 0.6) is 0 Å². The molecule has 3 heterocycles. The Kier molecular flexibility index (Phi) is 4.48. The third-order valence-corrected chi connectivity index (χ3v) is 6.07. The van der Waals surface area contributed by atoms with Gasteiger partial charge in [-0.3, -0.25) is 22.9 Å². The Balaban J connectivity index is 2.17. The number of hydrogen-bond acceptors (Lipinski definition) is 3. The van der Waals surface area contributed by atoms with Gasteiger partial charge in [0.2, 0.25) is 5.78 Å². The van der Waals surface area contributed by atoms with Crippen molar-refractivity contribution in [2.75, 3.05) is 0 Å². The monoisotopic (exact) mass is 393 g/mol. The van der Waals surface area contributed by atoms with Crippen molar-refractivity contribution < 1.29 is 0 Å². The van der Waals surface area contributed by atoms with E-state index in [0.717, 1.165) is 35.5 Å². The summed E-state index contributed by atoms with van der Waals surface area (Å²) in [4.78, 5) is 30.8. The molecule has 0 aliphatic heterocycles. The first-order valence-electron chi connectivity index (χ1n) is 10.1. The molecular formula is C22H27N5O2. The molecule has 0 N–H and O–H groups in total. The summed E-state index contributed by atoms with van der Waals surface area (Å²) >= 11 is 0. The fourth-order valence-electron chi connectivity index (χ4n) is 4.03. The Bertz CT molecular complexity index is 1380. The van der Waals surface area contributed by atoms with Gasteiger partial charge in [0.25, 0.3) is 5.56 Å². The number of imidazole rings is 2. The van der Waals surface area contributed by atoms with Gasteiger partial charge in [-0.25, -0.2) is 4.79 Å². The van der Waals surface area contributed by atoms with Crippen LogP contribution in [0, 0.1) is 27.7 Å². The Morgan fingerprint density at radius 1 is 1.03 bits per heavy atom. The van der Waals surface area contributed by atoms with Crippen molar-refractivity contribution in [2.45, 2.75) is 54.0 Å². The van der Waals surface area contributed by atoms with Gasteiger partial charge in [-0.05, 0) is 51.3 Å². The van der Waals surface area contributed by atoms with Gasteiger partial charge in [0.1, 0.15) is 0 Å². The fraction of sp³-hybridized carbons (Fsp3) is 0.409. The lowest BCUT2D eigenvalue weighted by Gasteiger charge is -2.12. The molecule has 29 heavy (non-hydrogen) atoms. The topological polar surface area (TPSA) is 66.2 Å². The zero-order valence-electron chi connectivity index (χ0n) is 17.9. The maximum atomic E-state index is 13.3. The van der Waals surface area contributed by atoms with Crippen molar-refractivity contribution >= 4 is 16.9 Å². The highest BCUT2D eigenvalue weighted by molar-refractivity contribution is 5.77. The molecule has 3 aromatic heterocycles. The van der Waals surface area contributed by atoms with E-state index in [1.54, 1.807) is 7.05 Å². The Morgan fingerprint density at radius 2 is 1.76 bits per heavy atom. The molecule has 0 saturated heterocycles. The van der Waals surface area contributed by atoms with E-state index in [-0.39, 0.29) is 11.2 Å². The molecule has 0 atom stereocenters. The summed E-state index contributed by atoms with van der Waals surface area (Å²) in [7, 11) is 1.68. The van der Waals surface area contributed by atoms with E-state index in [4.69, 9.17) is 4.98 Å². The lowest BCUT2D eigenvalue weighted by atomic mass is 10.1. The van der Waals surface area contributed by atoms with Crippen molar-refractivity contribution in [1.29, 1.82) is 0 Å². The lowest BCUT2D eigenvalue weighted by Crippen LogP contribution is -2.39. The normalized spacial score (nSPS) is 11.8. The minimum atomic E-state index is -0.315. The SMILES string of the molecule is CCCCn1c(=O)c2c(nc3n(-c4cccc(C)c4C)c(C)c(C)n23)n(C)c1=O. The van der Waals surface area contributed by atoms with Crippen LogP contribution in [0.3, 0.4) is 0 Å². The van der Waals surface area contributed by atoms with Crippen LogP contribution in [-0.2, 0) is 13.6 Å². The van der Waals surface area contributed by atoms with Gasteiger partial charge in [-0.1, -0.05) is 25.5 Å². The molecule has 7 nitrogen and oxygen atoms in total. The van der Waals surface area contributed by atoms with Crippen LogP contribution in [0.15, 0.2) is 27.8 Å². The first kappa shape index (κ1) is 19.2. The maximum absolute atomic E-state index is 13.3. The molecule has 0 unspecified atom stereocenters. The van der Waals surface area contributed by atoms with Gasteiger partial charge in [0, 0.05) is 25.0 Å². The summed E-state index contributed by atoms with van der Waals surface area (Å²) in [5, 5.41) is 0. The first-order chi connectivity index (χ1) is 13.8. The van der Waals surface area contributed by atoms with Crippen LogP contribution >= 0.6 is 0 Å². The number of aryl methyl sites for hydroxylation is 3. The Hall–Kier alpha value is -3.09. The molecule has 0 aliphatic rings. The molecule has 0 saturated carbocycles. The average molecular weight is 393 g/mol. The molecule has 7 heteroatoms. The zero-order valence-corrected chi connectivity index (χ0v) is 17.9. The summed E-state index contributed by atoms with van der Waals surface area (Å²) in [5.74, 6) is 0.657. The van der Waals surface area contributed by atoms with Crippen molar-refractivity contribution in [3.8, 4) is 5.69 Å². The maximum Gasteiger partial charge on any atom is 0.332 e. The van der Waals surface area contributed by atoms with Gasteiger partial charge >= 0.3 is 5.69 Å². The predicted molar refractivity (Wildman–Crippen MR) is 115 cm³/mol. The molecule has 1 aromatic carbocycles. The van der Waals surface area contributed by atoms with E-state index in [0.29, 0.717) is 23.5 Å². The highest BCUT2D eigenvalue weighted by Gasteiger charge is 2.23. The molecular weight excluding hydrogens is 366 g/mol. The highest BCUT2D eigenvalue weighted by atomic mass is 16.2. The van der Waals surface area contributed by atoms with Crippen molar-refractivity contribution in [3.05, 3.63) is 61.6 Å². The van der Waals surface area contributed by atoms with Crippen LogP contribution in [0.2, 0.25) is 0 Å². The van der Waals surface area contributed by atoms with Gasteiger partial charge in [-0.2, -0.15) is 4.98 Å². The van der Waals surface area contributed by atoms with Crippen molar-refractivity contribution in [3.63, 3.8) is 0 Å². The molecule has 4 rings (SSSR count). The number of fused-ring (bicyclic) bond motifs is 3. The minimum absolute atomic E-state index is 0.273. The molecule has 152 valence electrons. The first-order valence-corrected chi connectivity index (χ1v) is 10.1. The van der Waals surface area contributed by atoms with E-state index < -0.39 is 0 Å². The summed E-state index contributed by atoms with van der Waals surface area (Å²) < 4.78 is 6.81. The second-order valence-corrected chi connectivity index (χ2v) is 7.80. The minimum Gasteiger partial charge on any atom is -0.282 e. The summed E-state index contributed by atoms with van der Waals surface area (Å²) in [6, 6.07) is 6.17. The van der Waals surface area contributed by atoms with Crippen LogP contribution in [0.4, 0.5) is 0 Å². The van der Waals surface area contributed by atoms with Gasteiger partial charge in [0.15, 0.2) is 11.2 Å². The molecule has 0 fully saturated rings. The third kappa shape index (κ3) is 2.60. The molecule has 0 aliphatic carbocycles. The van der Waals surface area contributed by atoms with Crippen LogP contribution in [-0.4, -0.2) is 23.1 Å². The van der Waals surface area contributed by atoms with Gasteiger partial charge < -0.3 is 0 Å². The predicted octanol–water partition coefficient (Wildman–Crippen LogP) is 3.17. The number of nitrogens with zero attached hydrogens (tertiary/aromatic N) is 5. The summed E-state index contributed by atoms with van der Waals surface area (Å²) in [6.07, 6.45) is 1.70. The largest absolute Gasteiger partial charge is 0.332 e. The van der Waals surface area contributed by atoms with Crippen LogP contribution in [0.25, 0.3) is 22.6 Å². The molecule has 4 aromatic rings. The van der Waals surface area contributed by atoms with E-state index in [2.05, 4.69) is 30.5 Å². The second-order valence-electron chi connectivity index (χ2n) is 7.80. The molecule has 0 amide bonds. The Morgan fingerprint density at radius 3 is 2.45 bits per heavy atom. The van der Waals surface area contributed by atoms with E-state index in [9.17, 15) is 9.59 Å². The van der Waals surface area contributed by atoms with E-state index in [1.807, 2.05) is 31.2 Å². The molecule has 0 radical (unpaired) electrons. The summed E-state index contributed by atoms with van der Waals surface area (Å²) in [6.45, 7) is 10.7. The van der Waals surface area contributed by atoms with E-state index in [1.165, 1.54) is 14.7 Å². The highest BCUT2D eigenvalue weighted by Crippen LogP contribution is 2.27. The number of hydrogen-bond donors (Lipinski definition) is 0. The zero-order chi connectivity index (χ0) is 21.0.